The third kappa shape index (κ3) is 2.56. The van der Waals surface area contributed by atoms with Crippen LogP contribution in [0.2, 0.25) is 0 Å². The molecule has 1 aliphatic rings. The second-order valence-electron chi connectivity index (χ2n) is 4.76. The van der Waals surface area contributed by atoms with Crippen molar-refractivity contribution in [2.45, 2.75) is 13.0 Å². The number of carbonyl (C=O) groups is 1. The lowest BCUT2D eigenvalue weighted by atomic mass is 10.1. The number of amides is 1. The van der Waals surface area contributed by atoms with E-state index in [0.29, 0.717) is 0 Å². The maximum Gasteiger partial charge on any atom is 0.254 e. The standard InChI is InChI=1S/C16H14BrNO/c17-14-6-7-15-13(10-14)11-18(16(15)19)9-8-12-4-2-1-3-5-12/h1-7,10H,8-9,11H2. The Morgan fingerprint density at radius 1 is 1.11 bits per heavy atom. The molecule has 0 saturated heterocycles. The molecule has 0 radical (unpaired) electrons. The predicted molar refractivity (Wildman–Crippen MR) is 79.0 cm³/mol. The van der Waals surface area contributed by atoms with Gasteiger partial charge in [-0.05, 0) is 35.7 Å². The van der Waals surface area contributed by atoms with Crippen LogP contribution >= 0.6 is 15.9 Å². The third-order valence-electron chi connectivity index (χ3n) is 3.46. The van der Waals surface area contributed by atoms with Gasteiger partial charge in [0.1, 0.15) is 0 Å². The van der Waals surface area contributed by atoms with E-state index >= 15 is 0 Å². The number of nitrogens with zero attached hydrogens (tertiary/aromatic N) is 1. The van der Waals surface area contributed by atoms with Crippen molar-refractivity contribution in [2.75, 3.05) is 6.54 Å². The largest absolute Gasteiger partial charge is 0.334 e. The molecular weight excluding hydrogens is 302 g/mol. The topological polar surface area (TPSA) is 20.3 Å². The van der Waals surface area contributed by atoms with Crippen LogP contribution in [0.25, 0.3) is 0 Å². The quantitative estimate of drug-likeness (QED) is 0.846. The first-order valence-corrected chi connectivity index (χ1v) is 7.15. The summed E-state index contributed by atoms with van der Waals surface area (Å²) in [7, 11) is 0. The van der Waals surface area contributed by atoms with Crippen LogP contribution in [0.5, 0.6) is 0 Å². The molecule has 1 aliphatic heterocycles. The second kappa shape index (κ2) is 5.17. The van der Waals surface area contributed by atoms with E-state index in [9.17, 15) is 4.79 Å². The van der Waals surface area contributed by atoms with Gasteiger partial charge in [0.25, 0.3) is 5.91 Å². The molecule has 0 N–H and O–H groups in total. The molecule has 96 valence electrons. The van der Waals surface area contributed by atoms with Crippen LogP contribution in [0.1, 0.15) is 21.5 Å². The molecule has 2 aromatic rings. The van der Waals surface area contributed by atoms with Gasteiger partial charge in [-0.2, -0.15) is 0 Å². The van der Waals surface area contributed by atoms with Crippen LogP contribution in [-0.4, -0.2) is 17.4 Å². The van der Waals surface area contributed by atoms with Crippen molar-refractivity contribution >= 4 is 21.8 Å². The van der Waals surface area contributed by atoms with Gasteiger partial charge in [0, 0.05) is 23.1 Å². The van der Waals surface area contributed by atoms with E-state index in [1.54, 1.807) is 0 Å². The molecule has 0 atom stereocenters. The van der Waals surface area contributed by atoms with Crippen molar-refractivity contribution in [3.63, 3.8) is 0 Å². The van der Waals surface area contributed by atoms with E-state index in [-0.39, 0.29) is 5.91 Å². The summed E-state index contributed by atoms with van der Waals surface area (Å²) in [5, 5.41) is 0. The average molecular weight is 316 g/mol. The summed E-state index contributed by atoms with van der Waals surface area (Å²) in [4.78, 5) is 14.2. The van der Waals surface area contributed by atoms with Crippen molar-refractivity contribution in [3.05, 3.63) is 69.7 Å². The van der Waals surface area contributed by atoms with E-state index in [1.165, 1.54) is 5.56 Å². The fourth-order valence-electron chi connectivity index (χ4n) is 2.44. The Morgan fingerprint density at radius 3 is 2.68 bits per heavy atom. The van der Waals surface area contributed by atoms with Gasteiger partial charge in [-0.3, -0.25) is 4.79 Å². The zero-order valence-electron chi connectivity index (χ0n) is 10.5. The summed E-state index contributed by atoms with van der Waals surface area (Å²) in [6.07, 6.45) is 0.905. The molecule has 0 saturated carbocycles. The highest BCUT2D eigenvalue weighted by atomic mass is 79.9. The van der Waals surface area contributed by atoms with Crippen LogP contribution in [0.15, 0.2) is 53.0 Å². The summed E-state index contributed by atoms with van der Waals surface area (Å²) >= 11 is 3.45. The first-order chi connectivity index (χ1) is 9.24. The monoisotopic (exact) mass is 315 g/mol. The van der Waals surface area contributed by atoms with Crippen molar-refractivity contribution in [1.82, 2.24) is 4.90 Å². The Balaban J connectivity index is 1.70. The van der Waals surface area contributed by atoms with E-state index in [4.69, 9.17) is 0 Å². The number of benzene rings is 2. The van der Waals surface area contributed by atoms with Crippen molar-refractivity contribution < 1.29 is 4.79 Å². The fraction of sp³-hybridized carbons (Fsp3) is 0.188. The molecule has 19 heavy (non-hydrogen) atoms. The molecule has 0 unspecified atom stereocenters. The van der Waals surface area contributed by atoms with Crippen LogP contribution in [-0.2, 0) is 13.0 Å². The number of halogens is 1. The highest BCUT2D eigenvalue weighted by molar-refractivity contribution is 9.10. The molecule has 3 heteroatoms. The van der Waals surface area contributed by atoms with Gasteiger partial charge in [0.2, 0.25) is 0 Å². The molecule has 3 rings (SSSR count). The fourth-order valence-corrected chi connectivity index (χ4v) is 2.85. The van der Waals surface area contributed by atoms with Crippen LogP contribution in [0.3, 0.4) is 0 Å². The molecule has 1 heterocycles. The van der Waals surface area contributed by atoms with E-state index < -0.39 is 0 Å². The Morgan fingerprint density at radius 2 is 1.89 bits per heavy atom. The molecule has 0 bridgehead atoms. The lowest BCUT2D eigenvalue weighted by Crippen LogP contribution is -2.26. The molecule has 2 nitrogen and oxygen atoms in total. The Kier molecular flexibility index (Phi) is 3.38. The highest BCUT2D eigenvalue weighted by Gasteiger charge is 2.26. The smallest absolute Gasteiger partial charge is 0.254 e. The van der Waals surface area contributed by atoms with Gasteiger partial charge in [0.15, 0.2) is 0 Å². The molecule has 0 spiro atoms. The SMILES string of the molecule is O=C1c2ccc(Br)cc2CN1CCc1ccccc1. The molecule has 2 aromatic carbocycles. The summed E-state index contributed by atoms with van der Waals surface area (Å²) in [6.45, 7) is 1.50. The van der Waals surface area contributed by atoms with Crippen molar-refractivity contribution in [1.29, 1.82) is 0 Å². The number of carbonyl (C=O) groups excluding carboxylic acids is 1. The van der Waals surface area contributed by atoms with Gasteiger partial charge in [-0.1, -0.05) is 46.3 Å². The molecule has 1 amide bonds. The van der Waals surface area contributed by atoms with E-state index in [0.717, 1.165) is 35.1 Å². The van der Waals surface area contributed by atoms with Gasteiger partial charge in [0.05, 0.1) is 0 Å². The summed E-state index contributed by atoms with van der Waals surface area (Å²) in [6, 6.07) is 16.2. The van der Waals surface area contributed by atoms with Crippen molar-refractivity contribution in [2.24, 2.45) is 0 Å². The Bertz CT molecular complexity index is 609. The van der Waals surface area contributed by atoms with E-state index in [1.807, 2.05) is 41.3 Å². The van der Waals surface area contributed by atoms with E-state index in [2.05, 4.69) is 28.1 Å². The number of hydrogen-bond donors (Lipinski definition) is 0. The van der Waals surface area contributed by atoms with Crippen LogP contribution in [0, 0.1) is 0 Å². The van der Waals surface area contributed by atoms with Gasteiger partial charge in [-0.15, -0.1) is 0 Å². The number of fused-ring (bicyclic) bond motifs is 1. The lowest BCUT2D eigenvalue weighted by molar-refractivity contribution is 0.0780. The molecular formula is C16H14BrNO. The first-order valence-electron chi connectivity index (χ1n) is 6.35. The molecule has 0 aliphatic carbocycles. The number of hydrogen-bond acceptors (Lipinski definition) is 1. The minimum Gasteiger partial charge on any atom is -0.334 e. The maximum absolute atomic E-state index is 12.2. The maximum atomic E-state index is 12.2. The lowest BCUT2D eigenvalue weighted by Gasteiger charge is -2.15. The third-order valence-corrected chi connectivity index (χ3v) is 3.95. The minimum absolute atomic E-state index is 0.151. The predicted octanol–water partition coefficient (Wildman–Crippen LogP) is 3.65. The number of rotatable bonds is 3. The minimum atomic E-state index is 0.151. The first kappa shape index (κ1) is 12.4. The van der Waals surface area contributed by atoms with Gasteiger partial charge in [-0.25, -0.2) is 0 Å². The highest BCUT2D eigenvalue weighted by Crippen LogP contribution is 2.25. The van der Waals surface area contributed by atoms with Crippen LogP contribution in [0.4, 0.5) is 0 Å². The zero-order valence-corrected chi connectivity index (χ0v) is 12.1. The summed E-state index contributed by atoms with van der Waals surface area (Å²) < 4.78 is 1.03. The summed E-state index contributed by atoms with van der Waals surface area (Å²) in [5.41, 5.74) is 3.23. The van der Waals surface area contributed by atoms with Crippen molar-refractivity contribution in [3.8, 4) is 0 Å². The Labute approximate surface area is 121 Å². The normalized spacial score (nSPS) is 13.7. The zero-order chi connectivity index (χ0) is 13.2. The Hall–Kier alpha value is -1.61. The van der Waals surface area contributed by atoms with Gasteiger partial charge >= 0.3 is 0 Å². The molecule has 0 fully saturated rings. The second-order valence-corrected chi connectivity index (χ2v) is 5.68. The average Bonchev–Trinajstić information content (AvgIpc) is 2.74. The van der Waals surface area contributed by atoms with Gasteiger partial charge < -0.3 is 4.90 Å². The van der Waals surface area contributed by atoms with Crippen LogP contribution < -0.4 is 0 Å². The summed E-state index contributed by atoms with van der Waals surface area (Å²) in [5.74, 6) is 0.151. The molecule has 0 aromatic heterocycles.